The van der Waals surface area contributed by atoms with Crippen LogP contribution in [0.4, 0.5) is 0 Å². The van der Waals surface area contributed by atoms with Crippen LogP contribution >= 0.6 is 0 Å². The number of amides is 1. The van der Waals surface area contributed by atoms with E-state index >= 15 is 0 Å². The average molecular weight is 248 g/mol. The summed E-state index contributed by atoms with van der Waals surface area (Å²) in [5, 5.41) is 5.82. The van der Waals surface area contributed by atoms with E-state index in [1.54, 1.807) is 0 Å². The number of nitrogens with zero attached hydrogens (tertiary/aromatic N) is 1. The molecule has 1 aromatic heterocycles. The van der Waals surface area contributed by atoms with Crippen LogP contribution in [0.25, 0.3) is 0 Å². The van der Waals surface area contributed by atoms with Crippen LogP contribution in [-0.2, 0) is 19.6 Å². The second-order valence-corrected chi connectivity index (χ2v) is 4.57. The van der Waals surface area contributed by atoms with Crippen molar-refractivity contribution in [2.45, 2.75) is 5.03 Å². The number of carbonyl (C=O) groups is 1. The second-order valence-electron chi connectivity index (χ2n) is 2.84. The summed E-state index contributed by atoms with van der Waals surface area (Å²) in [6.45, 7) is -0.114. The van der Waals surface area contributed by atoms with Gasteiger partial charge < -0.3 is 10.5 Å². The molecule has 1 amide bonds. The lowest BCUT2D eigenvalue weighted by Gasteiger charge is -2.04. The van der Waals surface area contributed by atoms with Gasteiger partial charge in [0.15, 0.2) is 5.03 Å². The molecule has 0 saturated carbocycles. The summed E-state index contributed by atoms with van der Waals surface area (Å²) in [6.07, 6.45) is 1.33. The Balaban J connectivity index is 2.30. The molecule has 0 unspecified atom stereocenters. The van der Waals surface area contributed by atoms with Crippen molar-refractivity contribution in [2.75, 3.05) is 19.8 Å². The topological polar surface area (TPSA) is 127 Å². The van der Waals surface area contributed by atoms with Gasteiger partial charge in [-0.1, -0.05) is 0 Å². The smallest absolute Gasteiger partial charge is 0.257 e. The van der Waals surface area contributed by atoms with E-state index in [1.807, 2.05) is 0 Å². The number of aromatic amines is 1. The van der Waals surface area contributed by atoms with Gasteiger partial charge >= 0.3 is 0 Å². The Labute approximate surface area is 92.2 Å². The molecule has 0 aliphatic heterocycles. The molecule has 1 aromatic rings. The number of nitrogens with two attached hydrogens (primary N) is 1. The van der Waals surface area contributed by atoms with Gasteiger partial charge in [-0.2, -0.15) is 5.10 Å². The minimum absolute atomic E-state index is 0.0256. The standard InChI is InChI=1S/C7H12N4O4S/c8-6(12)5-15-4-3-10-16(13,14)7-1-2-9-11-7/h1-2,10H,3-5H2,(H2,8,12)(H,9,11). The number of rotatable bonds is 7. The van der Waals surface area contributed by atoms with E-state index in [-0.39, 0.29) is 24.8 Å². The van der Waals surface area contributed by atoms with Gasteiger partial charge in [0.05, 0.1) is 12.8 Å². The predicted octanol–water partition coefficient (Wildman–Crippen LogP) is -1.81. The van der Waals surface area contributed by atoms with E-state index in [1.165, 1.54) is 12.3 Å². The molecule has 0 radical (unpaired) electrons. The van der Waals surface area contributed by atoms with E-state index in [2.05, 4.69) is 14.9 Å². The third-order valence-corrected chi connectivity index (χ3v) is 2.94. The normalized spacial score (nSPS) is 11.5. The summed E-state index contributed by atoms with van der Waals surface area (Å²) in [5.74, 6) is -0.601. The highest BCUT2D eigenvalue weighted by atomic mass is 32.2. The Bertz CT molecular complexity index is 427. The molecule has 9 heteroatoms. The average Bonchev–Trinajstić information content (AvgIpc) is 2.69. The first kappa shape index (κ1) is 12.6. The van der Waals surface area contributed by atoms with Crippen molar-refractivity contribution < 1.29 is 17.9 Å². The molecule has 8 nitrogen and oxygen atoms in total. The van der Waals surface area contributed by atoms with Crippen LogP contribution in [0.2, 0.25) is 0 Å². The van der Waals surface area contributed by atoms with Crippen molar-refractivity contribution in [3.63, 3.8) is 0 Å². The Kier molecular flexibility index (Phi) is 4.40. The first-order valence-electron chi connectivity index (χ1n) is 4.37. The molecule has 0 bridgehead atoms. The number of primary amides is 1. The van der Waals surface area contributed by atoms with E-state index in [0.717, 1.165) is 0 Å². The maximum atomic E-state index is 11.5. The molecule has 0 atom stereocenters. The SMILES string of the molecule is NC(=O)COCCNS(=O)(=O)c1ccn[nH]1. The number of H-pyrrole nitrogens is 1. The third kappa shape index (κ3) is 3.96. The van der Waals surface area contributed by atoms with Gasteiger partial charge in [0.1, 0.15) is 6.61 Å². The molecule has 0 fully saturated rings. The number of carbonyl (C=O) groups excluding carboxylic acids is 1. The van der Waals surface area contributed by atoms with Gasteiger partial charge in [0.25, 0.3) is 10.0 Å². The minimum atomic E-state index is -3.58. The molecule has 0 spiro atoms. The highest BCUT2D eigenvalue weighted by molar-refractivity contribution is 7.89. The van der Waals surface area contributed by atoms with Crippen molar-refractivity contribution in [1.82, 2.24) is 14.9 Å². The Morgan fingerprint density at radius 2 is 2.38 bits per heavy atom. The number of aromatic nitrogens is 2. The number of hydrogen-bond donors (Lipinski definition) is 3. The fraction of sp³-hybridized carbons (Fsp3) is 0.429. The highest BCUT2D eigenvalue weighted by Gasteiger charge is 2.13. The molecule has 90 valence electrons. The third-order valence-electron chi connectivity index (χ3n) is 1.55. The quantitative estimate of drug-likeness (QED) is 0.490. The summed E-state index contributed by atoms with van der Waals surface area (Å²) in [7, 11) is -3.58. The van der Waals surface area contributed by atoms with Gasteiger partial charge in [-0.05, 0) is 6.07 Å². The van der Waals surface area contributed by atoms with Crippen LogP contribution in [0, 0.1) is 0 Å². The van der Waals surface area contributed by atoms with Crippen LogP contribution in [0.5, 0.6) is 0 Å². The lowest BCUT2D eigenvalue weighted by Crippen LogP contribution is -2.29. The molecular formula is C7H12N4O4S. The van der Waals surface area contributed by atoms with Gasteiger partial charge in [-0.3, -0.25) is 9.89 Å². The number of nitrogens with one attached hydrogen (secondary N) is 2. The van der Waals surface area contributed by atoms with Crippen LogP contribution in [0.15, 0.2) is 17.3 Å². The molecule has 1 rings (SSSR count). The summed E-state index contributed by atoms with van der Waals surface area (Å²) < 4.78 is 30.0. The first-order valence-corrected chi connectivity index (χ1v) is 5.86. The zero-order valence-corrected chi connectivity index (χ0v) is 9.16. The lowest BCUT2D eigenvalue weighted by atomic mass is 10.6. The van der Waals surface area contributed by atoms with E-state index in [4.69, 9.17) is 10.5 Å². The zero-order valence-electron chi connectivity index (χ0n) is 8.34. The maximum Gasteiger partial charge on any atom is 0.257 e. The second kappa shape index (κ2) is 5.58. The molecule has 1 heterocycles. The molecule has 0 aromatic carbocycles. The van der Waals surface area contributed by atoms with Crippen molar-refractivity contribution in [2.24, 2.45) is 5.73 Å². The van der Waals surface area contributed by atoms with Crippen LogP contribution in [-0.4, -0.2) is 44.3 Å². The first-order chi connectivity index (χ1) is 7.52. The molecule has 16 heavy (non-hydrogen) atoms. The van der Waals surface area contributed by atoms with Crippen LogP contribution in [0.1, 0.15) is 0 Å². The largest absolute Gasteiger partial charge is 0.370 e. The molecule has 4 N–H and O–H groups in total. The monoisotopic (exact) mass is 248 g/mol. The minimum Gasteiger partial charge on any atom is -0.370 e. The van der Waals surface area contributed by atoms with Crippen molar-refractivity contribution in [1.29, 1.82) is 0 Å². The number of sulfonamides is 1. The summed E-state index contributed by atoms with van der Waals surface area (Å²) in [6, 6.07) is 1.33. The molecule has 0 aliphatic carbocycles. The fourth-order valence-electron chi connectivity index (χ4n) is 0.891. The van der Waals surface area contributed by atoms with Gasteiger partial charge in [0.2, 0.25) is 5.91 Å². The van der Waals surface area contributed by atoms with Crippen LogP contribution < -0.4 is 10.5 Å². The summed E-state index contributed by atoms with van der Waals surface area (Å²) in [4.78, 5) is 10.3. The van der Waals surface area contributed by atoms with E-state index in [9.17, 15) is 13.2 Å². The highest BCUT2D eigenvalue weighted by Crippen LogP contribution is 2.00. The number of ether oxygens (including phenoxy) is 1. The van der Waals surface area contributed by atoms with Gasteiger partial charge in [-0.15, -0.1) is 0 Å². The lowest BCUT2D eigenvalue weighted by molar-refractivity contribution is -0.122. The van der Waals surface area contributed by atoms with E-state index in [0.29, 0.717) is 0 Å². The Morgan fingerprint density at radius 3 is 2.94 bits per heavy atom. The van der Waals surface area contributed by atoms with Gasteiger partial charge in [-0.25, -0.2) is 13.1 Å². The summed E-state index contributed by atoms with van der Waals surface area (Å²) in [5.41, 5.74) is 4.82. The zero-order chi connectivity index (χ0) is 12.0. The molecule has 0 saturated heterocycles. The van der Waals surface area contributed by atoms with Crippen molar-refractivity contribution in [3.05, 3.63) is 12.3 Å². The van der Waals surface area contributed by atoms with Crippen LogP contribution in [0.3, 0.4) is 0 Å². The summed E-state index contributed by atoms with van der Waals surface area (Å²) >= 11 is 0. The number of hydrogen-bond acceptors (Lipinski definition) is 5. The predicted molar refractivity (Wildman–Crippen MR) is 53.8 cm³/mol. The fourth-order valence-corrected chi connectivity index (χ4v) is 1.81. The molecule has 0 aliphatic rings. The maximum absolute atomic E-state index is 11.5. The van der Waals surface area contributed by atoms with Crippen molar-refractivity contribution in [3.8, 4) is 0 Å². The Morgan fingerprint density at radius 1 is 1.62 bits per heavy atom. The molecular weight excluding hydrogens is 236 g/mol. The van der Waals surface area contributed by atoms with Gasteiger partial charge in [0, 0.05) is 6.54 Å². The van der Waals surface area contributed by atoms with E-state index < -0.39 is 15.9 Å². The van der Waals surface area contributed by atoms with Crippen molar-refractivity contribution >= 4 is 15.9 Å². The Hall–Kier alpha value is -1.45.